The number of aryl methyl sites for hydroxylation is 2. The van der Waals surface area contributed by atoms with E-state index in [1.165, 1.54) is 24.0 Å². The minimum Gasteiger partial charge on any atom is -0.338 e. The first-order chi connectivity index (χ1) is 16.5. The Kier molecular flexibility index (Phi) is 6.01. The van der Waals surface area contributed by atoms with Crippen LogP contribution in [-0.2, 0) is 31.5 Å². The Hall–Kier alpha value is -2.63. The minimum atomic E-state index is -6.29. The first-order valence-corrected chi connectivity index (χ1v) is 12.5. The summed E-state index contributed by atoms with van der Waals surface area (Å²) in [5.41, 5.74) is -6.66. The highest BCUT2D eigenvalue weighted by Gasteiger charge is 2.73. The number of rotatable bonds is 3. The van der Waals surface area contributed by atoms with Gasteiger partial charge in [-0.2, -0.15) is 26.3 Å². The van der Waals surface area contributed by atoms with Crippen molar-refractivity contribution in [2.45, 2.75) is 66.8 Å². The van der Waals surface area contributed by atoms with Gasteiger partial charge in [0, 0.05) is 19.0 Å². The molecule has 2 aromatic rings. The van der Waals surface area contributed by atoms with Gasteiger partial charge in [-0.25, -0.2) is 12.8 Å². The number of benzene rings is 2. The third kappa shape index (κ3) is 3.54. The van der Waals surface area contributed by atoms with Crippen LogP contribution in [0.1, 0.15) is 42.0 Å². The molecule has 36 heavy (non-hydrogen) atoms. The third-order valence-corrected chi connectivity index (χ3v) is 9.83. The molecule has 1 fully saturated rings. The summed E-state index contributed by atoms with van der Waals surface area (Å²) in [4.78, 5) is 13.6. The maximum absolute atomic E-state index is 14.8. The number of hydrogen-bond donors (Lipinski definition) is 0. The van der Waals surface area contributed by atoms with Crippen LogP contribution in [0.3, 0.4) is 0 Å². The van der Waals surface area contributed by atoms with Gasteiger partial charge in [0.25, 0.3) is 0 Å². The van der Waals surface area contributed by atoms with Crippen LogP contribution in [-0.4, -0.2) is 44.2 Å². The van der Waals surface area contributed by atoms with E-state index in [1.807, 2.05) is 0 Å². The van der Waals surface area contributed by atoms with Crippen LogP contribution in [0.25, 0.3) is 0 Å². The predicted molar refractivity (Wildman–Crippen MR) is 115 cm³/mol. The molecule has 1 saturated heterocycles. The summed E-state index contributed by atoms with van der Waals surface area (Å²) in [6.07, 6.45) is -12.9. The lowest BCUT2D eigenvalue weighted by atomic mass is 9.77. The molecule has 1 amide bonds. The molecule has 0 aromatic heterocycles. The quantitative estimate of drug-likeness (QED) is 0.485. The molecule has 2 aromatic carbocycles. The van der Waals surface area contributed by atoms with Gasteiger partial charge in [-0.05, 0) is 49.4 Å². The number of fused-ring (bicyclic) bond motifs is 3. The Balaban J connectivity index is 1.97. The molecule has 4 rings (SSSR count). The first-order valence-electron chi connectivity index (χ1n) is 11.0. The fraction of sp³-hybridized carbons (Fsp3) is 0.458. The van der Waals surface area contributed by atoms with E-state index >= 15 is 0 Å². The van der Waals surface area contributed by atoms with E-state index in [9.17, 15) is 43.9 Å². The number of carbonyl (C=O) groups excluding carboxylic acids is 1. The lowest BCUT2D eigenvalue weighted by Crippen LogP contribution is -2.52. The molecule has 12 heteroatoms. The number of likely N-dealkylation sites (tertiary alicyclic amines) is 1. The molecule has 2 unspecified atom stereocenters. The Morgan fingerprint density at radius 1 is 0.972 bits per heavy atom. The number of carbonyl (C=O) groups is 1. The summed E-state index contributed by atoms with van der Waals surface area (Å²) < 4.78 is 121. The summed E-state index contributed by atoms with van der Waals surface area (Å²) >= 11 is 0. The number of alkyl halides is 7. The van der Waals surface area contributed by atoms with Gasteiger partial charge in [-0.3, -0.25) is 4.79 Å². The molecule has 2 atom stereocenters. The third-order valence-electron chi connectivity index (χ3n) is 7.28. The van der Waals surface area contributed by atoms with Gasteiger partial charge in [-0.15, -0.1) is 0 Å². The molecule has 1 aliphatic carbocycles. The van der Waals surface area contributed by atoms with E-state index in [-0.39, 0.29) is 41.8 Å². The van der Waals surface area contributed by atoms with Crippen molar-refractivity contribution in [3.05, 3.63) is 64.7 Å². The van der Waals surface area contributed by atoms with E-state index in [0.29, 0.717) is 12.1 Å². The number of halogens is 7. The highest BCUT2D eigenvalue weighted by molar-refractivity contribution is 7.92. The van der Waals surface area contributed by atoms with Crippen LogP contribution in [0.15, 0.2) is 47.4 Å². The monoisotopic (exact) mass is 537 g/mol. The first kappa shape index (κ1) is 26.4. The zero-order valence-corrected chi connectivity index (χ0v) is 20.0. The van der Waals surface area contributed by atoms with Crippen LogP contribution in [0.2, 0.25) is 0 Å². The van der Waals surface area contributed by atoms with Gasteiger partial charge >= 0.3 is 18.0 Å². The smallest absolute Gasteiger partial charge is 0.338 e. The van der Waals surface area contributed by atoms with E-state index < -0.39 is 50.1 Å². The van der Waals surface area contributed by atoms with Crippen LogP contribution >= 0.6 is 0 Å². The Labute approximate surface area is 203 Å². The second kappa shape index (κ2) is 8.19. The van der Waals surface area contributed by atoms with Crippen LogP contribution in [0, 0.1) is 6.92 Å². The fourth-order valence-corrected chi connectivity index (χ4v) is 7.90. The van der Waals surface area contributed by atoms with Crippen molar-refractivity contribution >= 4 is 15.7 Å². The summed E-state index contributed by atoms with van der Waals surface area (Å²) in [6, 6.07) is 6.64. The summed E-state index contributed by atoms with van der Waals surface area (Å²) in [7, 11) is -4.29. The summed E-state index contributed by atoms with van der Waals surface area (Å²) in [5.74, 6) is -0.405. The SMILES string of the molecule is CC(=O)N1CCC2(S(=O)(=O)c3ccc(C)cc3)c3ccc(C(F)(C(F)(F)F)C(F)(F)F)cc3CCC12. The standard InChI is InChI=1S/C24H22F7NO3S/c1-14-3-7-18(8-4-14)36(34,35)21-11-12-32(15(2)33)20(21)10-5-16-13-17(6-9-19(16)21)22(25,23(26,27)28)24(29,30)31/h3-4,6-9,13,20H,5,10-12H2,1-2H3. The second-order valence-corrected chi connectivity index (χ2v) is 11.5. The molecule has 2 aliphatic rings. The molecule has 4 nitrogen and oxygen atoms in total. The Morgan fingerprint density at radius 3 is 2.08 bits per heavy atom. The van der Waals surface area contributed by atoms with Gasteiger partial charge < -0.3 is 4.90 Å². The number of amides is 1. The Bertz CT molecular complexity index is 1290. The van der Waals surface area contributed by atoms with Crippen molar-refractivity contribution in [3.63, 3.8) is 0 Å². The maximum atomic E-state index is 14.8. The molecular formula is C24H22F7NO3S. The van der Waals surface area contributed by atoms with Gasteiger partial charge in [0.15, 0.2) is 9.84 Å². The van der Waals surface area contributed by atoms with Crippen molar-refractivity contribution in [1.82, 2.24) is 4.90 Å². The summed E-state index contributed by atoms with van der Waals surface area (Å²) in [5, 5.41) is 0. The minimum absolute atomic E-state index is 0.0153. The van der Waals surface area contributed by atoms with Crippen molar-refractivity contribution in [3.8, 4) is 0 Å². The van der Waals surface area contributed by atoms with Crippen molar-refractivity contribution in [2.24, 2.45) is 0 Å². The lowest BCUT2D eigenvalue weighted by Gasteiger charge is -2.43. The molecule has 0 saturated carbocycles. The van der Waals surface area contributed by atoms with Gasteiger partial charge in [0.1, 0.15) is 4.75 Å². The molecule has 0 spiro atoms. The van der Waals surface area contributed by atoms with Crippen molar-refractivity contribution < 1.29 is 43.9 Å². The lowest BCUT2D eigenvalue weighted by molar-refractivity contribution is -0.348. The second-order valence-electron chi connectivity index (χ2n) is 9.25. The molecular weight excluding hydrogens is 515 g/mol. The molecule has 0 radical (unpaired) electrons. The zero-order valence-electron chi connectivity index (χ0n) is 19.2. The largest absolute Gasteiger partial charge is 0.435 e. The van der Waals surface area contributed by atoms with Crippen LogP contribution in [0.4, 0.5) is 30.7 Å². The maximum Gasteiger partial charge on any atom is 0.435 e. The van der Waals surface area contributed by atoms with Gasteiger partial charge in [0.05, 0.1) is 10.9 Å². The topological polar surface area (TPSA) is 54.5 Å². The van der Waals surface area contributed by atoms with E-state index in [1.54, 1.807) is 19.1 Å². The molecule has 1 heterocycles. The number of sulfone groups is 1. The van der Waals surface area contributed by atoms with Crippen LogP contribution < -0.4 is 0 Å². The predicted octanol–water partition coefficient (Wildman–Crippen LogP) is 5.52. The van der Waals surface area contributed by atoms with Crippen LogP contribution in [0.5, 0.6) is 0 Å². The van der Waals surface area contributed by atoms with E-state index in [2.05, 4.69) is 0 Å². The Morgan fingerprint density at radius 2 is 1.56 bits per heavy atom. The average molecular weight is 537 g/mol. The number of hydrogen-bond acceptors (Lipinski definition) is 3. The zero-order chi connectivity index (χ0) is 26.9. The van der Waals surface area contributed by atoms with E-state index in [0.717, 1.165) is 11.6 Å². The normalized spacial score (nSPS) is 22.8. The summed E-state index contributed by atoms with van der Waals surface area (Å²) in [6.45, 7) is 3.04. The highest BCUT2D eigenvalue weighted by atomic mass is 32.2. The molecule has 196 valence electrons. The van der Waals surface area contributed by atoms with Crippen molar-refractivity contribution in [2.75, 3.05) is 6.54 Å². The highest BCUT2D eigenvalue weighted by Crippen LogP contribution is 2.56. The number of nitrogens with zero attached hydrogens (tertiary/aromatic N) is 1. The molecule has 1 aliphatic heterocycles. The fourth-order valence-electron chi connectivity index (χ4n) is 5.53. The van der Waals surface area contributed by atoms with E-state index in [4.69, 9.17) is 0 Å². The van der Waals surface area contributed by atoms with Gasteiger partial charge in [0.2, 0.25) is 5.91 Å². The average Bonchev–Trinajstić information content (AvgIpc) is 3.19. The van der Waals surface area contributed by atoms with Crippen molar-refractivity contribution in [1.29, 1.82) is 0 Å². The molecule has 0 N–H and O–H groups in total. The van der Waals surface area contributed by atoms with Gasteiger partial charge in [-0.1, -0.05) is 35.9 Å². The molecule has 0 bridgehead atoms.